The Morgan fingerprint density at radius 3 is 1.64 bits per heavy atom. The van der Waals surface area contributed by atoms with Gasteiger partial charge in [0.2, 0.25) is 0 Å². The summed E-state index contributed by atoms with van der Waals surface area (Å²) >= 11 is 0. The number of nitrogens with one attached hydrogen (secondary N) is 1. The van der Waals surface area contributed by atoms with E-state index >= 15 is 0 Å². The van der Waals surface area contributed by atoms with E-state index in [1.165, 1.54) is 30.6 Å². The second-order valence-electron chi connectivity index (χ2n) is 12.4. The van der Waals surface area contributed by atoms with E-state index in [4.69, 9.17) is 5.73 Å². The summed E-state index contributed by atoms with van der Waals surface area (Å²) in [5, 5.41) is 2.75. The highest BCUT2D eigenvalue weighted by atomic mass is 19.1. The normalized spacial score (nSPS) is 11.1. The van der Waals surface area contributed by atoms with Crippen molar-refractivity contribution in [2.75, 3.05) is 10.2 Å². The molecule has 276 valence electrons. The van der Waals surface area contributed by atoms with Gasteiger partial charge in [0.05, 0.1) is 12.7 Å². The van der Waals surface area contributed by atoms with Gasteiger partial charge >= 0.3 is 6.03 Å². The van der Waals surface area contributed by atoms with Gasteiger partial charge in [0.1, 0.15) is 34.6 Å². The molecule has 2 amide bonds. The molecule has 12 nitrogen and oxygen atoms in total. The Balaban J connectivity index is 0.000000170. The lowest BCUT2D eigenvalue weighted by atomic mass is 10.1. The molecule has 0 saturated carbocycles. The van der Waals surface area contributed by atoms with Gasteiger partial charge in [-0.3, -0.25) is 0 Å². The molecule has 0 spiro atoms. The van der Waals surface area contributed by atoms with Crippen LogP contribution >= 0.6 is 0 Å². The number of rotatable bonds is 6. The van der Waals surface area contributed by atoms with Gasteiger partial charge in [0.15, 0.2) is 45.6 Å². The minimum atomic E-state index is -1.10. The van der Waals surface area contributed by atoms with Gasteiger partial charge in [0.25, 0.3) is 0 Å². The van der Waals surface area contributed by atoms with Crippen LogP contribution in [0.1, 0.15) is 11.1 Å². The summed E-state index contributed by atoms with van der Waals surface area (Å²) in [7, 11) is 3.52. The molecule has 0 unspecified atom stereocenters. The van der Waals surface area contributed by atoms with Crippen molar-refractivity contribution < 1.29 is 22.4 Å². The molecule has 4 aromatic heterocycles. The summed E-state index contributed by atoms with van der Waals surface area (Å²) in [5.74, 6) is -2.44. The van der Waals surface area contributed by atoms with Crippen LogP contribution in [-0.2, 0) is 14.1 Å². The Hall–Kier alpha value is -7.23. The van der Waals surface area contributed by atoms with Gasteiger partial charge in [-0.1, -0.05) is 60.7 Å². The number of primary amides is 1. The number of nitrogens with zero attached hydrogens (tertiary/aromatic N) is 9. The van der Waals surface area contributed by atoms with Crippen molar-refractivity contribution in [1.82, 2.24) is 39.0 Å². The van der Waals surface area contributed by atoms with Gasteiger partial charge < -0.3 is 20.2 Å². The Morgan fingerprint density at radius 1 is 0.636 bits per heavy atom. The summed E-state index contributed by atoms with van der Waals surface area (Å²) in [6.45, 7) is 3.84. The SMILES string of the molecule is Cc1ccccc1-c1nc(N(C(N)=O)c2c(F)cccc2F)c2ncn(C)c2n1.Cc1ccccc1-c1nc(Nc2c(F)cccc2F)c2ncn(C)c2n1. The highest BCUT2D eigenvalue weighted by Gasteiger charge is 2.28. The number of aryl methyl sites for hydroxylation is 4. The molecule has 8 rings (SSSR count). The average Bonchev–Trinajstić information content (AvgIpc) is 3.73. The number of imidazole rings is 2. The average molecular weight is 746 g/mol. The van der Waals surface area contributed by atoms with E-state index in [1.54, 1.807) is 29.6 Å². The topological polar surface area (TPSA) is 146 Å². The zero-order valence-electron chi connectivity index (χ0n) is 29.8. The standard InChI is InChI=1S/C20H16F2N6O.C19H15F2N5/c1-11-6-3-4-7-12(11)17-25-18-15(24-10-27(18)2)19(26-17)28(20(23)29)16-13(21)8-5-9-14(16)22;1-11-6-3-4-7-12(11)17-24-18(16-19(25-17)26(2)10-22-16)23-15-13(20)8-5-9-14(15)21/h3-10H,1-2H3,(H2,23,29);3-10H,1-2H3,(H,23,24,25). The van der Waals surface area contributed by atoms with Crippen LogP contribution in [0.15, 0.2) is 97.6 Å². The number of carbonyl (C=O) groups is 1. The van der Waals surface area contributed by atoms with E-state index in [0.717, 1.165) is 28.8 Å². The molecule has 4 heterocycles. The number of halogens is 4. The van der Waals surface area contributed by atoms with Gasteiger partial charge in [-0.2, -0.15) is 0 Å². The molecule has 0 aliphatic carbocycles. The van der Waals surface area contributed by atoms with Gasteiger partial charge in [0, 0.05) is 25.2 Å². The Morgan fingerprint density at radius 2 is 1.11 bits per heavy atom. The molecular weight excluding hydrogens is 714 g/mol. The monoisotopic (exact) mass is 745 g/mol. The number of amides is 2. The first kappa shape index (κ1) is 36.1. The molecule has 0 aliphatic heterocycles. The summed E-state index contributed by atoms with van der Waals surface area (Å²) in [5.41, 5.74) is 9.63. The molecule has 0 atom stereocenters. The van der Waals surface area contributed by atoms with Crippen molar-refractivity contribution in [2.24, 2.45) is 19.8 Å². The molecule has 3 N–H and O–H groups in total. The molecule has 55 heavy (non-hydrogen) atoms. The maximum Gasteiger partial charge on any atom is 0.325 e. The molecule has 0 aliphatic rings. The van der Waals surface area contributed by atoms with Crippen LogP contribution in [-0.4, -0.2) is 45.1 Å². The van der Waals surface area contributed by atoms with Gasteiger partial charge in [-0.15, -0.1) is 0 Å². The number of hydrogen-bond donors (Lipinski definition) is 2. The lowest BCUT2D eigenvalue weighted by Crippen LogP contribution is -2.34. The largest absolute Gasteiger partial charge is 0.351 e. The summed E-state index contributed by atoms with van der Waals surface area (Å²) in [6, 6.07) is 20.9. The first-order valence-corrected chi connectivity index (χ1v) is 16.7. The Bertz CT molecular complexity index is 2710. The molecule has 0 bridgehead atoms. The van der Waals surface area contributed by atoms with Crippen molar-refractivity contribution in [3.63, 3.8) is 0 Å². The molecule has 0 saturated heterocycles. The van der Waals surface area contributed by atoms with Crippen molar-refractivity contribution in [3.05, 3.63) is 132 Å². The lowest BCUT2D eigenvalue weighted by Gasteiger charge is -2.21. The predicted octanol–water partition coefficient (Wildman–Crippen LogP) is 8.19. The van der Waals surface area contributed by atoms with Crippen molar-refractivity contribution >= 4 is 51.4 Å². The second kappa shape index (κ2) is 14.7. The van der Waals surface area contributed by atoms with Gasteiger partial charge in [-0.05, 0) is 49.2 Å². The number of urea groups is 1. The van der Waals surface area contributed by atoms with Crippen LogP contribution in [0, 0.1) is 37.1 Å². The number of hydrogen-bond acceptors (Lipinski definition) is 8. The highest BCUT2D eigenvalue weighted by Crippen LogP contribution is 2.35. The Labute approximate surface area is 311 Å². The second-order valence-corrected chi connectivity index (χ2v) is 12.4. The fourth-order valence-corrected chi connectivity index (χ4v) is 5.89. The predicted molar refractivity (Wildman–Crippen MR) is 201 cm³/mol. The molecular formula is C39H31F4N11O. The fourth-order valence-electron chi connectivity index (χ4n) is 5.89. The number of benzene rings is 4. The first-order valence-electron chi connectivity index (χ1n) is 16.7. The van der Waals surface area contributed by atoms with E-state index in [2.05, 4.69) is 35.2 Å². The third-order valence-electron chi connectivity index (χ3n) is 8.67. The lowest BCUT2D eigenvalue weighted by molar-refractivity contribution is 0.255. The highest BCUT2D eigenvalue weighted by molar-refractivity contribution is 6.04. The van der Waals surface area contributed by atoms with Gasteiger partial charge in [-0.25, -0.2) is 57.2 Å². The number of aromatic nitrogens is 8. The molecule has 4 aromatic carbocycles. The van der Waals surface area contributed by atoms with E-state index in [-0.39, 0.29) is 28.7 Å². The summed E-state index contributed by atoms with van der Waals surface area (Å²) in [6.07, 6.45) is 3.06. The molecule has 0 radical (unpaired) electrons. The number of nitrogens with two attached hydrogens (primary N) is 1. The van der Waals surface area contributed by atoms with Crippen LogP contribution in [0.25, 0.3) is 45.1 Å². The van der Waals surface area contributed by atoms with Crippen LogP contribution in [0.4, 0.5) is 45.4 Å². The van der Waals surface area contributed by atoms with E-state index in [0.29, 0.717) is 33.1 Å². The summed E-state index contributed by atoms with van der Waals surface area (Å²) < 4.78 is 60.4. The zero-order chi connectivity index (χ0) is 39.0. The van der Waals surface area contributed by atoms with Crippen LogP contribution in [0.2, 0.25) is 0 Å². The number of carbonyl (C=O) groups excluding carboxylic acids is 1. The molecule has 16 heteroatoms. The molecule has 8 aromatic rings. The third kappa shape index (κ3) is 6.88. The minimum Gasteiger partial charge on any atom is -0.351 e. The van der Waals surface area contributed by atoms with E-state index in [9.17, 15) is 22.4 Å². The maximum absolute atomic E-state index is 14.5. The smallest absolute Gasteiger partial charge is 0.325 e. The number of para-hydroxylation sites is 2. The summed E-state index contributed by atoms with van der Waals surface area (Å²) in [4.78, 5) is 39.5. The fraction of sp³-hybridized carbons (Fsp3) is 0.103. The minimum absolute atomic E-state index is 0.106. The van der Waals surface area contributed by atoms with Crippen molar-refractivity contribution in [1.29, 1.82) is 0 Å². The van der Waals surface area contributed by atoms with E-state index < -0.39 is 35.0 Å². The first-order chi connectivity index (χ1) is 26.4. The molecule has 0 fully saturated rings. The third-order valence-corrected chi connectivity index (χ3v) is 8.67. The van der Waals surface area contributed by atoms with Crippen molar-refractivity contribution in [3.8, 4) is 22.8 Å². The van der Waals surface area contributed by atoms with Crippen LogP contribution in [0.5, 0.6) is 0 Å². The van der Waals surface area contributed by atoms with E-state index in [1.807, 2.05) is 62.4 Å². The zero-order valence-corrected chi connectivity index (χ0v) is 29.8. The quantitative estimate of drug-likeness (QED) is 0.162. The van der Waals surface area contributed by atoms with Crippen molar-refractivity contribution in [2.45, 2.75) is 13.8 Å². The maximum atomic E-state index is 14.5. The number of anilines is 4. The number of fused-ring (bicyclic) bond motifs is 2. The van der Waals surface area contributed by atoms with Crippen LogP contribution in [0.3, 0.4) is 0 Å². The van der Waals surface area contributed by atoms with Crippen LogP contribution < -0.4 is 16.0 Å². The Kier molecular flexibility index (Phi) is 9.63.